The number of aliphatic imine (C=N–C) groups is 1. The maximum absolute atomic E-state index is 12.4. The average molecular weight is 357 g/mol. The molecule has 136 valence electrons. The van der Waals surface area contributed by atoms with Gasteiger partial charge in [-0.05, 0) is 35.5 Å². The van der Waals surface area contributed by atoms with Gasteiger partial charge in [-0.3, -0.25) is 14.9 Å². The third-order valence-electron chi connectivity index (χ3n) is 4.12. The summed E-state index contributed by atoms with van der Waals surface area (Å²) in [6.45, 7) is 0. The van der Waals surface area contributed by atoms with Crippen LogP contribution in [0.2, 0.25) is 0 Å². The Kier molecular flexibility index (Phi) is 5.11. The van der Waals surface area contributed by atoms with E-state index in [9.17, 15) is 9.59 Å². The SMILES string of the molecule is NC(N)=N[C@H]1CCCc2ccccc2[C@@H]1NC(=O)C(=O)Nc1ncon1. The first kappa shape index (κ1) is 17.4. The first-order valence-electron chi connectivity index (χ1n) is 8.09. The van der Waals surface area contributed by atoms with Gasteiger partial charge in [0.2, 0.25) is 6.39 Å². The Labute approximate surface area is 149 Å². The van der Waals surface area contributed by atoms with Gasteiger partial charge in [0.15, 0.2) is 5.96 Å². The molecule has 0 spiro atoms. The molecule has 1 aliphatic rings. The minimum absolute atomic E-state index is 0.0649. The highest BCUT2D eigenvalue weighted by molar-refractivity contribution is 6.39. The van der Waals surface area contributed by atoms with E-state index in [1.165, 1.54) is 0 Å². The van der Waals surface area contributed by atoms with E-state index >= 15 is 0 Å². The van der Waals surface area contributed by atoms with Crippen LogP contribution in [0.3, 0.4) is 0 Å². The summed E-state index contributed by atoms with van der Waals surface area (Å²) < 4.78 is 4.52. The molecule has 0 unspecified atom stereocenters. The molecule has 1 heterocycles. The molecular weight excluding hydrogens is 338 g/mol. The zero-order chi connectivity index (χ0) is 18.5. The number of hydrogen-bond donors (Lipinski definition) is 4. The van der Waals surface area contributed by atoms with Crippen molar-refractivity contribution in [2.45, 2.75) is 31.3 Å². The number of guanidine groups is 1. The van der Waals surface area contributed by atoms with E-state index in [4.69, 9.17) is 11.5 Å². The summed E-state index contributed by atoms with van der Waals surface area (Å²) in [5, 5.41) is 8.42. The normalized spacial score (nSPS) is 18.9. The Hall–Kier alpha value is -3.43. The number of amides is 2. The van der Waals surface area contributed by atoms with E-state index in [-0.39, 0.29) is 17.9 Å². The molecule has 2 atom stereocenters. The van der Waals surface area contributed by atoms with Crippen molar-refractivity contribution in [2.75, 3.05) is 5.32 Å². The smallest absolute Gasteiger partial charge is 0.316 e. The van der Waals surface area contributed by atoms with Crippen LogP contribution < -0.4 is 22.1 Å². The predicted octanol–water partition coefficient (Wildman–Crippen LogP) is -0.156. The van der Waals surface area contributed by atoms with Gasteiger partial charge < -0.3 is 21.3 Å². The van der Waals surface area contributed by atoms with Crippen molar-refractivity contribution in [3.8, 4) is 0 Å². The summed E-state index contributed by atoms with van der Waals surface area (Å²) in [7, 11) is 0. The Bertz CT molecular complexity index is 815. The van der Waals surface area contributed by atoms with E-state index in [1.807, 2.05) is 24.3 Å². The highest BCUT2D eigenvalue weighted by atomic mass is 16.5. The van der Waals surface area contributed by atoms with Crippen LogP contribution in [0.4, 0.5) is 5.95 Å². The first-order valence-corrected chi connectivity index (χ1v) is 8.09. The van der Waals surface area contributed by atoms with Gasteiger partial charge in [-0.15, -0.1) is 0 Å². The predicted molar refractivity (Wildman–Crippen MR) is 92.8 cm³/mol. The number of carbonyl (C=O) groups is 2. The quantitative estimate of drug-likeness (QED) is 0.257. The van der Waals surface area contributed by atoms with E-state index in [1.54, 1.807) is 0 Å². The molecule has 2 aromatic rings. The number of nitrogens with two attached hydrogens (primary N) is 2. The molecule has 0 bridgehead atoms. The molecule has 0 aliphatic heterocycles. The molecule has 1 aromatic heterocycles. The Balaban J connectivity index is 1.84. The fraction of sp³-hybridized carbons (Fsp3) is 0.312. The Morgan fingerprint density at radius 3 is 2.77 bits per heavy atom. The van der Waals surface area contributed by atoms with Crippen LogP contribution >= 0.6 is 0 Å². The van der Waals surface area contributed by atoms with Crippen LogP contribution in [0, 0.1) is 0 Å². The topological polar surface area (TPSA) is 162 Å². The lowest BCUT2D eigenvalue weighted by atomic mass is 9.96. The van der Waals surface area contributed by atoms with Gasteiger partial charge in [0, 0.05) is 0 Å². The maximum Gasteiger partial charge on any atom is 0.316 e. The Morgan fingerprint density at radius 1 is 1.23 bits per heavy atom. The van der Waals surface area contributed by atoms with E-state index in [0.29, 0.717) is 6.42 Å². The summed E-state index contributed by atoms with van der Waals surface area (Å²) in [4.78, 5) is 32.3. The van der Waals surface area contributed by atoms with Gasteiger partial charge in [0.05, 0.1) is 12.1 Å². The number of benzene rings is 1. The van der Waals surface area contributed by atoms with Crippen LogP contribution in [-0.2, 0) is 16.0 Å². The van der Waals surface area contributed by atoms with Crippen molar-refractivity contribution < 1.29 is 14.1 Å². The summed E-state index contributed by atoms with van der Waals surface area (Å²) in [5.41, 5.74) is 13.1. The molecule has 0 saturated carbocycles. The highest BCUT2D eigenvalue weighted by Gasteiger charge is 2.31. The van der Waals surface area contributed by atoms with Gasteiger partial charge in [0.25, 0.3) is 5.95 Å². The number of nitrogens with zero attached hydrogens (tertiary/aromatic N) is 3. The van der Waals surface area contributed by atoms with Crippen molar-refractivity contribution >= 4 is 23.7 Å². The number of hydrogen-bond acceptors (Lipinski definition) is 6. The van der Waals surface area contributed by atoms with Gasteiger partial charge in [-0.2, -0.15) is 4.98 Å². The number of carbonyl (C=O) groups excluding carboxylic acids is 2. The van der Waals surface area contributed by atoms with Crippen molar-refractivity contribution in [3.05, 3.63) is 41.8 Å². The van der Waals surface area contributed by atoms with Crippen LogP contribution in [0.15, 0.2) is 40.2 Å². The van der Waals surface area contributed by atoms with Crippen LogP contribution in [0.1, 0.15) is 30.0 Å². The second-order valence-electron chi connectivity index (χ2n) is 5.87. The van der Waals surface area contributed by atoms with Crippen molar-refractivity contribution in [1.29, 1.82) is 0 Å². The number of aryl methyl sites for hydroxylation is 1. The first-order chi connectivity index (χ1) is 12.5. The molecule has 10 heteroatoms. The van der Waals surface area contributed by atoms with E-state index in [0.717, 1.165) is 30.4 Å². The molecule has 1 aliphatic carbocycles. The van der Waals surface area contributed by atoms with Crippen molar-refractivity contribution in [1.82, 2.24) is 15.5 Å². The molecule has 26 heavy (non-hydrogen) atoms. The zero-order valence-corrected chi connectivity index (χ0v) is 13.9. The van der Waals surface area contributed by atoms with Crippen LogP contribution in [0.5, 0.6) is 0 Å². The fourth-order valence-electron chi connectivity index (χ4n) is 3.04. The third-order valence-corrected chi connectivity index (χ3v) is 4.12. The molecule has 6 N–H and O–H groups in total. The van der Waals surface area contributed by atoms with E-state index < -0.39 is 17.9 Å². The average Bonchev–Trinajstić information content (AvgIpc) is 3.06. The van der Waals surface area contributed by atoms with Gasteiger partial charge in [-0.25, -0.2) is 4.99 Å². The molecule has 2 amide bonds. The minimum Gasteiger partial charge on any atom is -0.370 e. The molecular formula is C16H19N7O3. The molecule has 0 saturated heterocycles. The van der Waals surface area contributed by atoms with Crippen molar-refractivity contribution in [2.24, 2.45) is 16.5 Å². The van der Waals surface area contributed by atoms with Crippen molar-refractivity contribution in [3.63, 3.8) is 0 Å². The lowest BCUT2D eigenvalue weighted by Crippen LogP contribution is -2.42. The number of rotatable bonds is 3. The highest BCUT2D eigenvalue weighted by Crippen LogP contribution is 2.30. The molecule has 1 aromatic carbocycles. The lowest BCUT2D eigenvalue weighted by molar-refractivity contribution is -0.136. The van der Waals surface area contributed by atoms with Gasteiger partial charge in [0.1, 0.15) is 0 Å². The largest absolute Gasteiger partial charge is 0.370 e. The molecule has 10 nitrogen and oxygen atoms in total. The molecule has 0 radical (unpaired) electrons. The fourth-order valence-corrected chi connectivity index (χ4v) is 3.04. The number of aromatic nitrogens is 2. The monoisotopic (exact) mass is 357 g/mol. The lowest BCUT2D eigenvalue weighted by Gasteiger charge is -2.24. The number of nitrogens with one attached hydrogen (secondary N) is 2. The van der Waals surface area contributed by atoms with Crippen LogP contribution in [0.25, 0.3) is 0 Å². The molecule has 0 fully saturated rings. The van der Waals surface area contributed by atoms with Gasteiger partial charge in [-0.1, -0.05) is 24.3 Å². The Morgan fingerprint density at radius 2 is 2.04 bits per heavy atom. The van der Waals surface area contributed by atoms with E-state index in [2.05, 4.69) is 30.3 Å². The standard InChI is InChI=1S/C16H19N7O3/c17-15(18)20-11-7-3-5-9-4-1-2-6-10(9)12(11)21-13(24)14(25)22-16-19-8-26-23-16/h1-2,4,6,8,11-12H,3,5,7H2,(H,21,24)(H4,17,18,20)(H,22,23,25)/t11-,12-/m0/s1. The number of anilines is 1. The second kappa shape index (κ2) is 7.64. The minimum atomic E-state index is -0.906. The summed E-state index contributed by atoms with van der Waals surface area (Å²) in [6, 6.07) is 6.80. The summed E-state index contributed by atoms with van der Waals surface area (Å²) in [6.07, 6.45) is 3.42. The molecule has 3 rings (SSSR count). The summed E-state index contributed by atoms with van der Waals surface area (Å²) >= 11 is 0. The third kappa shape index (κ3) is 3.97. The van der Waals surface area contributed by atoms with Gasteiger partial charge >= 0.3 is 11.8 Å². The maximum atomic E-state index is 12.4. The number of fused-ring (bicyclic) bond motifs is 1. The summed E-state index contributed by atoms with van der Waals surface area (Å²) in [5.74, 6) is -1.90. The zero-order valence-electron chi connectivity index (χ0n) is 13.9. The van der Waals surface area contributed by atoms with Crippen LogP contribution in [-0.4, -0.2) is 34.0 Å². The second-order valence-corrected chi connectivity index (χ2v) is 5.87.